The van der Waals surface area contributed by atoms with Crippen LogP contribution < -0.4 is 5.01 Å². The molecule has 2 aromatic rings. The third-order valence-electron chi connectivity index (χ3n) is 3.64. The van der Waals surface area contributed by atoms with E-state index in [0.29, 0.717) is 11.4 Å². The molecule has 5 nitrogen and oxygen atoms in total. The standard InChI is InChI=1S/C17H12ClF3N4O/c1-10-15(16(26)25(24-10)12-5-3-2-4-6-12)23-22-14-9-11(18)7-8-13(14)17(19,20)21/h2-9,15H,1H3. The molecule has 1 amide bonds. The van der Waals surface area contributed by atoms with E-state index in [1.54, 1.807) is 37.3 Å². The molecule has 0 bridgehead atoms. The van der Waals surface area contributed by atoms with Crippen LogP contribution in [-0.4, -0.2) is 17.7 Å². The zero-order valence-corrected chi connectivity index (χ0v) is 14.2. The first-order valence-electron chi connectivity index (χ1n) is 7.49. The zero-order valence-electron chi connectivity index (χ0n) is 13.4. The van der Waals surface area contributed by atoms with Gasteiger partial charge >= 0.3 is 6.18 Å². The Morgan fingerprint density at radius 3 is 2.50 bits per heavy atom. The largest absolute Gasteiger partial charge is 0.418 e. The van der Waals surface area contributed by atoms with Crippen LogP contribution in [0.5, 0.6) is 0 Å². The van der Waals surface area contributed by atoms with Crippen molar-refractivity contribution in [3.63, 3.8) is 0 Å². The molecule has 0 N–H and O–H groups in total. The molecule has 0 saturated heterocycles. The van der Waals surface area contributed by atoms with Crippen LogP contribution in [0.15, 0.2) is 63.9 Å². The summed E-state index contributed by atoms with van der Waals surface area (Å²) >= 11 is 5.75. The summed E-state index contributed by atoms with van der Waals surface area (Å²) in [5, 5.41) is 12.8. The Balaban J connectivity index is 1.90. The molecule has 0 saturated carbocycles. The number of hydrazone groups is 1. The predicted octanol–water partition coefficient (Wildman–Crippen LogP) is 5.23. The fraction of sp³-hybridized carbons (Fsp3) is 0.176. The van der Waals surface area contributed by atoms with Crippen LogP contribution in [0.2, 0.25) is 5.02 Å². The molecule has 0 aliphatic carbocycles. The lowest BCUT2D eigenvalue weighted by Crippen LogP contribution is -2.29. The van der Waals surface area contributed by atoms with Gasteiger partial charge in [0.1, 0.15) is 0 Å². The van der Waals surface area contributed by atoms with Gasteiger partial charge in [-0.25, -0.2) is 0 Å². The number of amides is 1. The molecule has 1 aliphatic rings. The van der Waals surface area contributed by atoms with Gasteiger partial charge in [0, 0.05) is 5.02 Å². The first-order valence-corrected chi connectivity index (χ1v) is 7.87. The number of halogens is 4. The van der Waals surface area contributed by atoms with E-state index in [4.69, 9.17) is 11.6 Å². The maximum atomic E-state index is 13.1. The minimum atomic E-state index is -4.61. The number of azo groups is 1. The van der Waals surface area contributed by atoms with Crippen molar-refractivity contribution in [1.29, 1.82) is 0 Å². The van der Waals surface area contributed by atoms with Crippen molar-refractivity contribution in [3.05, 3.63) is 59.1 Å². The van der Waals surface area contributed by atoms with Gasteiger partial charge in [0.15, 0.2) is 6.04 Å². The third-order valence-corrected chi connectivity index (χ3v) is 3.88. The molecule has 9 heteroatoms. The highest BCUT2D eigenvalue weighted by Crippen LogP contribution is 2.38. The van der Waals surface area contributed by atoms with E-state index in [-0.39, 0.29) is 5.02 Å². The molecule has 0 spiro atoms. The van der Waals surface area contributed by atoms with Crippen LogP contribution in [0, 0.1) is 0 Å². The van der Waals surface area contributed by atoms with Gasteiger partial charge in [0.2, 0.25) is 0 Å². The van der Waals surface area contributed by atoms with Crippen LogP contribution in [0.1, 0.15) is 12.5 Å². The number of hydrogen-bond acceptors (Lipinski definition) is 4. The monoisotopic (exact) mass is 380 g/mol. The molecule has 0 radical (unpaired) electrons. The molecule has 1 aliphatic heterocycles. The second-order valence-electron chi connectivity index (χ2n) is 5.50. The van der Waals surface area contributed by atoms with E-state index < -0.39 is 29.4 Å². The quantitative estimate of drug-likeness (QED) is 0.672. The molecular formula is C17H12ClF3N4O. The van der Waals surface area contributed by atoms with Crippen molar-refractivity contribution >= 4 is 34.6 Å². The Kier molecular flexibility index (Phi) is 4.78. The summed E-state index contributed by atoms with van der Waals surface area (Å²) in [4.78, 5) is 12.5. The lowest BCUT2D eigenvalue weighted by Gasteiger charge is -2.12. The average molecular weight is 381 g/mol. The smallest absolute Gasteiger partial charge is 0.269 e. The number of hydrogen-bond donors (Lipinski definition) is 0. The topological polar surface area (TPSA) is 57.4 Å². The number of para-hydroxylation sites is 1. The molecule has 26 heavy (non-hydrogen) atoms. The minimum Gasteiger partial charge on any atom is -0.269 e. The summed E-state index contributed by atoms with van der Waals surface area (Å²) in [5.74, 6) is -0.493. The van der Waals surface area contributed by atoms with Crippen molar-refractivity contribution in [2.75, 3.05) is 5.01 Å². The summed E-state index contributed by atoms with van der Waals surface area (Å²) in [6, 6.07) is 10.5. The highest BCUT2D eigenvalue weighted by Gasteiger charge is 2.36. The van der Waals surface area contributed by atoms with Crippen LogP contribution in [0.4, 0.5) is 24.5 Å². The highest BCUT2D eigenvalue weighted by molar-refractivity contribution is 6.30. The van der Waals surface area contributed by atoms with E-state index in [9.17, 15) is 18.0 Å². The number of nitrogens with zero attached hydrogens (tertiary/aromatic N) is 4. The van der Waals surface area contributed by atoms with Gasteiger partial charge in [0.25, 0.3) is 5.91 Å². The van der Waals surface area contributed by atoms with Gasteiger partial charge in [-0.15, -0.1) is 0 Å². The number of carbonyl (C=O) groups is 1. The van der Waals surface area contributed by atoms with Crippen LogP contribution >= 0.6 is 11.6 Å². The van der Waals surface area contributed by atoms with Crippen LogP contribution in [0.3, 0.4) is 0 Å². The third kappa shape index (κ3) is 3.60. The second-order valence-corrected chi connectivity index (χ2v) is 5.94. The van der Waals surface area contributed by atoms with Gasteiger partial charge in [0.05, 0.1) is 22.6 Å². The van der Waals surface area contributed by atoms with Gasteiger partial charge in [-0.1, -0.05) is 29.8 Å². The lowest BCUT2D eigenvalue weighted by atomic mass is 10.2. The minimum absolute atomic E-state index is 0.0843. The summed E-state index contributed by atoms with van der Waals surface area (Å²) in [6.07, 6.45) is -4.61. The highest BCUT2D eigenvalue weighted by atomic mass is 35.5. The van der Waals surface area contributed by atoms with Gasteiger partial charge in [-0.3, -0.25) is 4.79 Å². The van der Waals surface area contributed by atoms with E-state index in [1.807, 2.05) is 0 Å². The average Bonchev–Trinajstić information content (AvgIpc) is 2.87. The second kappa shape index (κ2) is 6.87. The number of benzene rings is 2. The SMILES string of the molecule is CC1=NN(c2ccccc2)C(=O)C1N=Nc1cc(Cl)ccc1C(F)(F)F. The molecule has 2 aromatic carbocycles. The van der Waals surface area contributed by atoms with Crippen molar-refractivity contribution in [1.82, 2.24) is 0 Å². The molecule has 1 heterocycles. The van der Waals surface area contributed by atoms with E-state index in [0.717, 1.165) is 23.2 Å². The fourth-order valence-electron chi connectivity index (χ4n) is 2.39. The lowest BCUT2D eigenvalue weighted by molar-refractivity contribution is -0.137. The molecular weight excluding hydrogens is 369 g/mol. The van der Waals surface area contributed by atoms with Crippen molar-refractivity contribution in [2.45, 2.75) is 19.1 Å². The van der Waals surface area contributed by atoms with Crippen molar-refractivity contribution in [2.24, 2.45) is 15.3 Å². The Bertz CT molecular complexity index is 897. The zero-order chi connectivity index (χ0) is 18.9. The molecule has 1 unspecified atom stereocenters. The van der Waals surface area contributed by atoms with E-state index in [2.05, 4.69) is 15.3 Å². The molecule has 0 aromatic heterocycles. The number of rotatable bonds is 3. The first-order chi connectivity index (χ1) is 12.3. The Hall–Kier alpha value is -2.74. The van der Waals surface area contributed by atoms with Crippen molar-refractivity contribution < 1.29 is 18.0 Å². The molecule has 134 valence electrons. The number of alkyl halides is 3. The van der Waals surface area contributed by atoms with Gasteiger partial charge < -0.3 is 0 Å². The normalized spacial score (nSPS) is 17.9. The summed E-state index contributed by atoms with van der Waals surface area (Å²) in [5.41, 5.74) is -0.569. The maximum absolute atomic E-state index is 13.1. The summed E-state index contributed by atoms with van der Waals surface area (Å²) < 4.78 is 39.2. The summed E-state index contributed by atoms with van der Waals surface area (Å²) in [6.45, 7) is 1.56. The summed E-state index contributed by atoms with van der Waals surface area (Å²) in [7, 11) is 0. The van der Waals surface area contributed by atoms with Gasteiger partial charge in [-0.2, -0.15) is 33.5 Å². The Morgan fingerprint density at radius 1 is 1.15 bits per heavy atom. The Morgan fingerprint density at radius 2 is 1.85 bits per heavy atom. The van der Waals surface area contributed by atoms with Crippen LogP contribution in [-0.2, 0) is 11.0 Å². The number of anilines is 1. The first kappa shape index (κ1) is 18.1. The maximum Gasteiger partial charge on any atom is 0.418 e. The molecule has 0 fully saturated rings. The molecule has 3 rings (SSSR count). The Labute approximate surface area is 151 Å². The van der Waals surface area contributed by atoms with E-state index in [1.165, 1.54) is 0 Å². The van der Waals surface area contributed by atoms with Crippen LogP contribution in [0.25, 0.3) is 0 Å². The predicted molar refractivity (Wildman–Crippen MR) is 91.8 cm³/mol. The fourth-order valence-corrected chi connectivity index (χ4v) is 2.56. The number of carbonyl (C=O) groups excluding carboxylic acids is 1. The van der Waals surface area contributed by atoms with Crippen molar-refractivity contribution in [3.8, 4) is 0 Å². The molecule has 1 atom stereocenters. The van der Waals surface area contributed by atoms with Gasteiger partial charge in [-0.05, 0) is 37.3 Å². The van der Waals surface area contributed by atoms with E-state index >= 15 is 0 Å².